The second-order valence-corrected chi connectivity index (χ2v) is 5.36. The highest BCUT2D eigenvalue weighted by Crippen LogP contribution is 2.33. The molecule has 0 aliphatic rings. The van der Waals surface area contributed by atoms with Gasteiger partial charge in [-0.2, -0.15) is 0 Å². The Kier molecular flexibility index (Phi) is 3.56. The minimum absolute atomic E-state index is 0.211. The Morgan fingerprint density at radius 2 is 2.00 bits per heavy atom. The standard InChI is InChI=1S/C13H11BrOS/c1-2-11(15)13-8-7-12(16-13)9-5-3-4-6-10(9)14/h3-8H,2H2,1H3. The molecule has 0 atom stereocenters. The predicted molar refractivity (Wildman–Crippen MR) is 72.1 cm³/mol. The molecule has 0 saturated heterocycles. The molecule has 1 aromatic heterocycles. The van der Waals surface area contributed by atoms with Gasteiger partial charge in [0.25, 0.3) is 0 Å². The smallest absolute Gasteiger partial charge is 0.172 e. The number of Topliss-reactive ketones (excluding diaryl/α,β-unsaturated/α-hetero) is 1. The number of halogens is 1. The van der Waals surface area contributed by atoms with Gasteiger partial charge in [-0.25, -0.2) is 0 Å². The first-order chi connectivity index (χ1) is 7.72. The van der Waals surface area contributed by atoms with Crippen molar-refractivity contribution in [2.75, 3.05) is 0 Å². The topological polar surface area (TPSA) is 17.1 Å². The molecule has 0 aliphatic carbocycles. The van der Waals surface area contributed by atoms with Gasteiger partial charge in [0.15, 0.2) is 5.78 Å². The lowest BCUT2D eigenvalue weighted by Crippen LogP contribution is -1.90. The van der Waals surface area contributed by atoms with Gasteiger partial charge in [-0.3, -0.25) is 4.79 Å². The number of hydrogen-bond acceptors (Lipinski definition) is 2. The summed E-state index contributed by atoms with van der Waals surface area (Å²) in [5, 5.41) is 0. The van der Waals surface area contributed by atoms with Crippen LogP contribution >= 0.6 is 27.3 Å². The molecule has 1 heterocycles. The van der Waals surface area contributed by atoms with Gasteiger partial charge in [0.05, 0.1) is 4.88 Å². The Morgan fingerprint density at radius 3 is 2.69 bits per heavy atom. The van der Waals surface area contributed by atoms with Gasteiger partial charge >= 0.3 is 0 Å². The lowest BCUT2D eigenvalue weighted by atomic mass is 10.2. The summed E-state index contributed by atoms with van der Waals surface area (Å²) in [6, 6.07) is 12.0. The van der Waals surface area contributed by atoms with Crippen molar-refractivity contribution < 1.29 is 4.79 Å². The molecule has 0 amide bonds. The number of ketones is 1. The number of hydrogen-bond donors (Lipinski definition) is 0. The minimum atomic E-state index is 0.211. The van der Waals surface area contributed by atoms with Gasteiger partial charge in [0.1, 0.15) is 0 Å². The fraction of sp³-hybridized carbons (Fsp3) is 0.154. The minimum Gasteiger partial charge on any atom is -0.293 e. The van der Waals surface area contributed by atoms with E-state index >= 15 is 0 Å². The van der Waals surface area contributed by atoms with Crippen LogP contribution in [0.15, 0.2) is 40.9 Å². The average molecular weight is 295 g/mol. The van der Waals surface area contributed by atoms with Crippen LogP contribution in [0.5, 0.6) is 0 Å². The zero-order chi connectivity index (χ0) is 11.5. The lowest BCUT2D eigenvalue weighted by molar-refractivity contribution is 0.0992. The van der Waals surface area contributed by atoms with Crippen LogP contribution in [0, 0.1) is 0 Å². The molecule has 0 bridgehead atoms. The molecule has 1 nitrogen and oxygen atoms in total. The van der Waals surface area contributed by atoms with Crippen molar-refractivity contribution >= 4 is 33.0 Å². The van der Waals surface area contributed by atoms with Crippen LogP contribution in [0.25, 0.3) is 10.4 Å². The van der Waals surface area contributed by atoms with E-state index in [2.05, 4.69) is 22.0 Å². The normalized spacial score (nSPS) is 10.4. The lowest BCUT2D eigenvalue weighted by Gasteiger charge is -1.99. The third kappa shape index (κ3) is 2.25. The van der Waals surface area contributed by atoms with Crippen molar-refractivity contribution in [2.24, 2.45) is 0 Å². The van der Waals surface area contributed by atoms with E-state index < -0.39 is 0 Å². The summed E-state index contributed by atoms with van der Waals surface area (Å²) in [6.07, 6.45) is 0.565. The molecule has 0 N–H and O–H groups in total. The molecule has 3 heteroatoms. The first kappa shape index (κ1) is 11.6. The van der Waals surface area contributed by atoms with Crippen LogP contribution in [0.3, 0.4) is 0 Å². The summed E-state index contributed by atoms with van der Waals surface area (Å²) < 4.78 is 1.06. The van der Waals surface area contributed by atoms with Gasteiger partial charge in [0.2, 0.25) is 0 Å². The molecule has 82 valence electrons. The Bertz CT molecular complexity index is 516. The van der Waals surface area contributed by atoms with E-state index in [1.807, 2.05) is 37.3 Å². The van der Waals surface area contributed by atoms with Crippen molar-refractivity contribution in [3.05, 3.63) is 45.7 Å². The number of thiophene rings is 1. The summed E-state index contributed by atoms with van der Waals surface area (Å²) in [6.45, 7) is 1.89. The van der Waals surface area contributed by atoms with Crippen molar-refractivity contribution in [1.29, 1.82) is 0 Å². The van der Waals surface area contributed by atoms with Crippen LogP contribution in [0.2, 0.25) is 0 Å². The molecular weight excluding hydrogens is 284 g/mol. The number of carbonyl (C=O) groups excluding carboxylic acids is 1. The Morgan fingerprint density at radius 1 is 1.25 bits per heavy atom. The van der Waals surface area contributed by atoms with E-state index in [1.54, 1.807) is 11.3 Å². The molecule has 0 fully saturated rings. The predicted octanol–water partition coefficient (Wildman–Crippen LogP) is 4.77. The van der Waals surface area contributed by atoms with Gasteiger partial charge in [-0.05, 0) is 18.2 Å². The number of rotatable bonds is 3. The summed E-state index contributed by atoms with van der Waals surface area (Å²) in [5.74, 6) is 0.211. The third-order valence-electron chi connectivity index (χ3n) is 2.34. The number of benzene rings is 1. The molecule has 0 radical (unpaired) electrons. The van der Waals surface area contributed by atoms with Crippen molar-refractivity contribution in [3.8, 4) is 10.4 Å². The molecule has 2 aromatic rings. The van der Waals surface area contributed by atoms with Crippen LogP contribution in [-0.2, 0) is 0 Å². The fourth-order valence-electron chi connectivity index (χ4n) is 1.47. The van der Waals surface area contributed by atoms with E-state index in [0.717, 1.165) is 19.8 Å². The van der Waals surface area contributed by atoms with E-state index in [1.165, 1.54) is 0 Å². The molecule has 1 aromatic carbocycles. The summed E-state index contributed by atoms with van der Waals surface area (Å²) >= 11 is 5.07. The van der Waals surface area contributed by atoms with Crippen LogP contribution in [-0.4, -0.2) is 5.78 Å². The first-order valence-electron chi connectivity index (χ1n) is 5.10. The van der Waals surface area contributed by atoms with Gasteiger partial charge in [0, 0.05) is 21.3 Å². The molecule has 0 spiro atoms. The van der Waals surface area contributed by atoms with Gasteiger partial charge in [-0.15, -0.1) is 11.3 Å². The summed E-state index contributed by atoms with van der Waals surface area (Å²) in [4.78, 5) is 13.5. The molecule has 16 heavy (non-hydrogen) atoms. The van der Waals surface area contributed by atoms with Crippen molar-refractivity contribution in [3.63, 3.8) is 0 Å². The molecule has 2 rings (SSSR count). The summed E-state index contributed by atoms with van der Waals surface area (Å²) in [7, 11) is 0. The maximum absolute atomic E-state index is 11.5. The molecular formula is C13H11BrOS. The van der Waals surface area contributed by atoms with E-state index in [0.29, 0.717) is 6.42 Å². The fourth-order valence-corrected chi connectivity index (χ4v) is 3.15. The molecule has 0 unspecified atom stereocenters. The van der Waals surface area contributed by atoms with E-state index in [9.17, 15) is 4.79 Å². The Balaban J connectivity index is 2.39. The van der Waals surface area contributed by atoms with Crippen LogP contribution in [0.1, 0.15) is 23.0 Å². The summed E-state index contributed by atoms with van der Waals surface area (Å²) in [5.41, 5.74) is 1.14. The zero-order valence-electron chi connectivity index (χ0n) is 8.87. The second-order valence-electron chi connectivity index (χ2n) is 3.42. The highest BCUT2D eigenvalue weighted by atomic mass is 79.9. The van der Waals surface area contributed by atoms with Crippen molar-refractivity contribution in [1.82, 2.24) is 0 Å². The largest absolute Gasteiger partial charge is 0.293 e. The SMILES string of the molecule is CCC(=O)c1ccc(-c2ccccc2Br)s1. The van der Waals surface area contributed by atoms with Gasteiger partial charge < -0.3 is 0 Å². The Labute approximate surface area is 107 Å². The van der Waals surface area contributed by atoms with Crippen molar-refractivity contribution in [2.45, 2.75) is 13.3 Å². The second kappa shape index (κ2) is 4.93. The number of carbonyl (C=O) groups is 1. The van der Waals surface area contributed by atoms with Crippen LogP contribution < -0.4 is 0 Å². The maximum Gasteiger partial charge on any atom is 0.172 e. The quantitative estimate of drug-likeness (QED) is 0.745. The molecule has 0 saturated carbocycles. The highest BCUT2D eigenvalue weighted by molar-refractivity contribution is 9.10. The van der Waals surface area contributed by atoms with E-state index in [4.69, 9.17) is 0 Å². The van der Waals surface area contributed by atoms with Crippen LogP contribution in [0.4, 0.5) is 0 Å². The zero-order valence-corrected chi connectivity index (χ0v) is 11.3. The highest BCUT2D eigenvalue weighted by Gasteiger charge is 2.09. The maximum atomic E-state index is 11.5. The Hall–Kier alpha value is -0.930. The first-order valence-corrected chi connectivity index (χ1v) is 6.71. The van der Waals surface area contributed by atoms with Gasteiger partial charge in [-0.1, -0.05) is 41.1 Å². The monoisotopic (exact) mass is 294 g/mol. The average Bonchev–Trinajstić information content (AvgIpc) is 2.78. The molecule has 0 aliphatic heterocycles. The third-order valence-corrected chi connectivity index (χ3v) is 4.19. The van der Waals surface area contributed by atoms with E-state index in [-0.39, 0.29) is 5.78 Å².